The number of rotatable bonds is 7. The highest BCUT2D eigenvalue weighted by Gasteiger charge is 2.27. The second-order valence-electron chi connectivity index (χ2n) is 5.61. The molecule has 144 valence electrons. The van der Waals surface area contributed by atoms with Crippen molar-refractivity contribution in [1.29, 1.82) is 0 Å². The van der Waals surface area contributed by atoms with Gasteiger partial charge in [0, 0.05) is 5.69 Å². The number of nitrogens with one attached hydrogen (secondary N) is 2. The minimum Gasteiger partial charge on any atom is -0.465 e. The average Bonchev–Trinajstić information content (AvgIpc) is 3.03. The van der Waals surface area contributed by atoms with Gasteiger partial charge in [-0.15, -0.1) is 10.2 Å². The molecular weight excluding hydrogens is 388 g/mol. The SMILES string of the molecule is CCOC(=O)[C@H](Sc1nnc(NC(=O)Nc2ccc(C)c(C)c2)s1)C(C)=O. The van der Waals surface area contributed by atoms with Gasteiger partial charge in [-0.2, -0.15) is 0 Å². The molecule has 0 aliphatic carbocycles. The highest BCUT2D eigenvalue weighted by atomic mass is 32.2. The van der Waals surface area contributed by atoms with Gasteiger partial charge in [0.2, 0.25) is 5.13 Å². The van der Waals surface area contributed by atoms with E-state index in [-0.39, 0.29) is 17.5 Å². The lowest BCUT2D eigenvalue weighted by atomic mass is 10.1. The van der Waals surface area contributed by atoms with Gasteiger partial charge < -0.3 is 10.1 Å². The number of carbonyl (C=O) groups excluding carboxylic acids is 3. The number of hydrogen-bond donors (Lipinski definition) is 2. The number of ketones is 1. The Morgan fingerprint density at radius 1 is 1.19 bits per heavy atom. The standard InChI is InChI=1S/C17H20N4O4S2/c1-5-25-14(23)13(11(4)22)26-17-21-20-16(27-17)19-15(24)18-12-7-6-9(2)10(3)8-12/h6-8,13H,5H2,1-4H3,(H2,18,19,20,24)/t13-/m1/s1. The lowest BCUT2D eigenvalue weighted by Gasteiger charge is -2.09. The monoisotopic (exact) mass is 408 g/mol. The number of thioether (sulfide) groups is 1. The van der Waals surface area contributed by atoms with E-state index in [1.165, 1.54) is 6.92 Å². The van der Waals surface area contributed by atoms with Crippen molar-refractivity contribution < 1.29 is 19.1 Å². The molecule has 2 N–H and O–H groups in total. The molecule has 2 aromatic rings. The molecule has 0 saturated heterocycles. The highest BCUT2D eigenvalue weighted by Crippen LogP contribution is 2.30. The fraction of sp³-hybridized carbons (Fsp3) is 0.353. The molecule has 2 amide bonds. The van der Waals surface area contributed by atoms with Crippen molar-refractivity contribution in [1.82, 2.24) is 10.2 Å². The zero-order valence-electron chi connectivity index (χ0n) is 15.4. The van der Waals surface area contributed by atoms with Crippen LogP contribution in [0.25, 0.3) is 0 Å². The van der Waals surface area contributed by atoms with Crippen molar-refractivity contribution in [3.8, 4) is 0 Å². The molecule has 0 aliphatic rings. The van der Waals surface area contributed by atoms with E-state index in [2.05, 4.69) is 20.8 Å². The summed E-state index contributed by atoms with van der Waals surface area (Å²) in [6.07, 6.45) is 0. The quantitative estimate of drug-likeness (QED) is 0.313. The van der Waals surface area contributed by atoms with Crippen LogP contribution < -0.4 is 10.6 Å². The molecule has 0 bridgehead atoms. The number of Topliss-reactive ketones (excluding diaryl/α,β-unsaturated/α-hetero) is 1. The first-order valence-electron chi connectivity index (χ1n) is 8.12. The first-order valence-corrected chi connectivity index (χ1v) is 9.82. The number of carbonyl (C=O) groups is 3. The maximum absolute atomic E-state index is 12.1. The van der Waals surface area contributed by atoms with Crippen LogP contribution in [0.15, 0.2) is 22.5 Å². The third-order valence-electron chi connectivity index (χ3n) is 3.48. The molecule has 0 saturated carbocycles. The van der Waals surface area contributed by atoms with Gasteiger partial charge in [0.15, 0.2) is 15.4 Å². The van der Waals surface area contributed by atoms with Crippen molar-refractivity contribution in [2.45, 2.75) is 37.3 Å². The van der Waals surface area contributed by atoms with Gasteiger partial charge >= 0.3 is 12.0 Å². The Balaban J connectivity index is 1.98. The van der Waals surface area contributed by atoms with Crippen LogP contribution in [0.5, 0.6) is 0 Å². The molecule has 1 aromatic carbocycles. The van der Waals surface area contributed by atoms with Gasteiger partial charge in [-0.25, -0.2) is 4.79 Å². The Bertz CT molecular complexity index is 853. The van der Waals surface area contributed by atoms with Crippen molar-refractivity contribution >= 4 is 51.7 Å². The number of anilines is 2. The molecule has 27 heavy (non-hydrogen) atoms. The van der Waals surface area contributed by atoms with Crippen LogP contribution >= 0.6 is 23.1 Å². The predicted octanol–water partition coefficient (Wildman–Crippen LogP) is 3.41. The highest BCUT2D eigenvalue weighted by molar-refractivity contribution is 8.03. The fourth-order valence-electron chi connectivity index (χ4n) is 2.00. The van der Waals surface area contributed by atoms with Crippen molar-refractivity contribution in [3.05, 3.63) is 29.3 Å². The van der Waals surface area contributed by atoms with Gasteiger partial charge in [0.05, 0.1) is 6.61 Å². The molecule has 0 aliphatic heterocycles. The molecular formula is C17H20N4O4S2. The molecule has 10 heteroatoms. The first-order chi connectivity index (χ1) is 12.8. The average molecular weight is 409 g/mol. The Hall–Kier alpha value is -2.46. The summed E-state index contributed by atoms with van der Waals surface area (Å²) in [4.78, 5) is 35.6. The molecule has 2 rings (SSSR count). The maximum atomic E-state index is 12.1. The Morgan fingerprint density at radius 3 is 2.56 bits per heavy atom. The van der Waals surface area contributed by atoms with Crippen LogP contribution in [0.1, 0.15) is 25.0 Å². The summed E-state index contributed by atoms with van der Waals surface area (Å²) in [5, 5.41) is 12.3. The van der Waals surface area contributed by atoms with Gasteiger partial charge in [0.1, 0.15) is 0 Å². The van der Waals surface area contributed by atoms with E-state index in [1.807, 2.05) is 26.0 Å². The van der Waals surface area contributed by atoms with E-state index >= 15 is 0 Å². The van der Waals surface area contributed by atoms with E-state index < -0.39 is 17.3 Å². The van der Waals surface area contributed by atoms with E-state index in [0.29, 0.717) is 10.0 Å². The van der Waals surface area contributed by atoms with E-state index in [4.69, 9.17) is 4.74 Å². The topological polar surface area (TPSA) is 110 Å². The van der Waals surface area contributed by atoms with Gasteiger partial charge in [-0.3, -0.25) is 14.9 Å². The van der Waals surface area contributed by atoms with Crippen LogP contribution in [-0.2, 0) is 14.3 Å². The normalized spacial score (nSPS) is 11.6. The van der Waals surface area contributed by atoms with Gasteiger partial charge in [0.25, 0.3) is 0 Å². The Labute approximate surface area is 165 Å². The minimum absolute atomic E-state index is 0.185. The number of aromatic nitrogens is 2. The Morgan fingerprint density at radius 2 is 1.93 bits per heavy atom. The molecule has 0 unspecified atom stereocenters. The fourth-order valence-corrected chi connectivity index (χ4v) is 3.81. The number of esters is 1. The summed E-state index contributed by atoms with van der Waals surface area (Å²) in [6, 6.07) is 5.13. The summed E-state index contributed by atoms with van der Waals surface area (Å²) >= 11 is 2.02. The maximum Gasteiger partial charge on any atom is 0.327 e. The number of aryl methyl sites for hydroxylation is 2. The van der Waals surface area contributed by atoms with Crippen LogP contribution in [0, 0.1) is 13.8 Å². The zero-order valence-corrected chi connectivity index (χ0v) is 17.0. The molecule has 1 aromatic heterocycles. The molecule has 1 heterocycles. The van der Waals surface area contributed by atoms with Crippen LogP contribution in [0.2, 0.25) is 0 Å². The van der Waals surface area contributed by atoms with E-state index in [0.717, 1.165) is 34.2 Å². The predicted molar refractivity (Wildman–Crippen MR) is 105 cm³/mol. The summed E-state index contributed by atoms with van der Waals surface area (Å²) in [5.74, 6) is -0.956. The molecule has 0 spiro atoms. The zero-order chi connectivity index (χ0) is 20.0. The van der Waals surface area contributed by atoms with E-state index in [1.54, 1.807) is 13.0 Å². The van der Waals surface area contributed by atoms with Crippen molar-refractivity contribution in [2.75, 3.05) is 17.2 Å². The summed E-state index contributed by atoms with van der Waals surface area (Å²) in [5.41, 5.74) is 2.86. The smallest absolute Gasteiger partial charge is 0.327 e. The van der Waals surface area contributed by atoms with Crippen LogP contribution in [0.3, 0.4) is 0 Å². The number of benzene rings is 1. The molecule has 8 nitrogen and oxygen atoms in total. The number of amides is 2. The second kappa shape index (κ2) is 9.47. The van der Waals surface area contributed by atoms with E-state index in [9.17, 15) is 14.4 Å². The molecule has 0 radical (unpaired) electrons. The number of urea groups is 1. The van der Waals surface area contributed by atoms with Crippen LogP contribution in [-0.4, -0.2) is 39.8 Å². The second-order valence-corrected chi connectivity index (χ2v) is 7.94. The lowest BCUT2D eigenvalue weighted by Crippen LogP contribution is -2.27. The van der Waals surface area contributed by atoms with Gasteiger partial charge in [-0.1, -0.05) is 29.2 Å². The summed E-state index contributed by atoms with van der Waals surface area (Å²) in [6.45, 7) is 7.11. The third-order valence-corrected chi connectivity index (χ3v) is 5.70. The number of nitrogens with zero attached hydrogens (tertiary/aromatic N) is 2. The Kier molecular flexibility index (Phi) is 7.31. The van der Waals surface area contributed by atoms with Crippen molar-refractivity contribution in [3.63, 3.8) is 0 Å². The summed E-state index contributed by atoms with van der Waals surface area (Å²) in [7, 11) is 0. The molecule has 0 fully saturated rings. The van der Waals surface area contributed by atoms with Crippen LogP contribution in [0.4, 0.5) is 15.6 Å². The van der Waals surface area contributed by atoms with Crippen molar-refractivity contribution in [2.24, 2.45) is 0 Å². The third kappa shape index (κ3) is 6.04. The summed E-state index contributed by atoms with van der Waals surface area (Å²) < 4.78 is 5.27. The number of ether oxygens (including phenoxy) is 1. The molecule has 1 atom stereocenters. The largest absolute Gasteiger partial charge is 0.465 e. The van der Waals surface area contributed by atoms with Gasteiger partial charge in [-0.05, 0) is 51.0 Å². The minimum atomic E-state index is -1.00. The first kappa shape index (κ1) is 20.8. The number of hydrogen-bond acceptors (Lipinski definition) is 8. The lowest BCUT2D eigenvalue weighted by molar-refractivity contribution is -0.144.